The van der Waals surface area contributed by atoms with E-state index >= 15 is 0 Å². The maximum Gasteiger partial charge on any atom is 0.312 e. The van der Waals surface area contributed by atoms with Crippen molar-refractivity contribution < 1.29 is 9.53 Å². The quantitative estimate of drug-likeness (QED) is 0.733. The van der Waals surface area contributed by atoms with Crippen molar-refractivity contribution >= 4 is 28.2 Å². The molecule has 3 heterocycles. The van der Waals surface area contributed by atoms with Crippen molar-refractivity contribution in [1.29, 1.82) is 0 Å². The van der Waals surface area contributed by atoms with Crippen LogP contribution in [0.5, 0.6) is 5.75 Å². The van der Waals surface area contributed by atoms with E-state index in [9.17, 15) is 9.59 Å². The Hall–Kier alpha value is -2.40. The summed E-state index contributed by atoms with van der Waals surface area (Å²) in [5, 5.41) is 0.771. The van der Waals surface area contributed by atoms with Gasteiger partial charge in [0.1, 0.15) is 5.75 Å². The lowest BCUT2D eigenvalue weighted by Crippen LogP contribution is -2.27. The molecule has 0 saturated heterocycles. The van der Waals surface area contributed by atoms with Crippen LogP contribution >= 0.6 is 11.3 Å². The van der Waals surface area contributed by atoms with Crippen molar-refractivity contribution in [2.24, 2.45) is 0 Å². The van der Waals surface area contributed by atoms with Gasteiger partial charge in [0.05, 0.1) is 17.5 Å². The smallest absolute Gasteiger partial charge is 0.312 e. The summed E-state index contributed by atoms with van der Waals surface area (Å²) in [5.41, 5.74) is 1.07. The molecule has 0 aliphatic carbocycles. The lowest BCUT2D eigenvalue weighted by atomic mass is 9.91. The summed E-state index contributed by atoms with van der Waals surface area (Å²) >= 11 is 1.66. The van der Waals surface area contributed by atoms with Gasteiger partial charge in [-0.1, -0.05) is 19.1 Å². The molecule has 1 aromatic carbocycles. The van der Waals surface area contributed by atoms with E-state index in [4.69, 9.17) is 4.74 Å². The van der Waals surface area contributed by atoms with E-state index < -0.39 is 0 Å². The first-order valence-electron chi connectivity index (χ1n) is 7.61. The number of rotatable bonds is 2. The molecule has 1 aliphatic heterocycles. The van der Waals surface area contributed by atoms with Crippen molar-refractivity contribution in [2.75, 3.05) is 0 Å². The summed E-state index contributed by atoms with van der Waals surface area (Å²) < 4.78 is 5.46. The molecule has 3 aromatic rings. The minimum absolute atomic E-state index is 0.178. The third-order valence-corrected chi connectivity index (χ3v) is 5.56. The van der Waals surface area contributed by atoms with E-state index in [0.29, 0.717) is 16.8 Å². The van der Waals surface area contributed by atoms with Crippen molar-refractivity contribution in [1.82, 2.24) is 4.98 Å². The maximum atomic E-state index is 12.6. The second-order valence-corrected chi connectivity index (χ2v) is 6.83. The Balaban J connectivity index is 1.98. The number of aryl methyl sites for hydroxylation is 1. The van der Waals surface area contributed by atoms with Crippen LogP contribution in [0.1, 0.15) is 34.6 Å². The van der Waals surface area contributed by atoms with Crippen LogP contribution in [0.25, 0.3) is 10.9 Å². The largest absolute Gasteiger partial charge is 0.425 e. The second kappa shape index (κ2) is 5.35. The van der Waals surface area contributed by atoms with E-state index in [1.54, 1.807) is 11.3 Å². The van der Waals surface area contributed by atoms with Crippen LogP contribution in [0.3, 0.4) is 0 Å². The third-order valence-electron chi connectivity index (χ3n) is 4.22. The fraction of sp³-hybridized carbons (Fsp3) is 0.222. The molecule has 1 N–H and O–H groups in total. The Kier molecular flexibility index (Phi) is 3.31. The first kappa shape index (κ1) is 14.2. The van der Waals surface area contributed by atoms with Gasteiger partial charge in [-0.2, -0.15) is 0 Å². The summed E-state index contributed by atoms with van der Waals surface area (Å²) in [6.45, 7) is 2.10. The Morgan fingerprint density at radius 3 is 2.83 bits per heavy atom. The summed E-state index contributed by atoms with van der Waals surface area (Å²) in [7, 11) is 0. The number of H-pyrrole nitrogens is 1. The average molecular weight is 325 g/mol. The zero-order chi connectivity index (χ0) is 16.0. The molecule has 0 fully saturated rings. The SMILES string of the molecule is CCc1ccc([C@H]2CC(=O)Oc3c2c(=O)[nH]c2ccccc32)s1. The van der Waals surface area contributed by atoms with Crippen molar-refractivity contribution in [3.8, 4) is 5.75 Å². The highest BCUT2D eigenvalue weighted by atomic mass is 32.1. The van der Waals surface area contributed by atoms with Crippen LogP contribution in [0.2, 0.25) is 0 Å². The number of para-hydroxylation sites is 1. The van der Waals surface area contributed by atoms with Crippen molar-refractivity contribution in [2.45, 2.75) is 25.7 Å². The fourth-order valence-corrected chi connectivity index (χ4v) is 4.16. The Labute approximate surface area is 136 Å². The number of hydrogen-bond donors (Lipinski definition) is 1. The monoisotopic (exact) mass is 325 g/mol. The Morgan fingerprint density at radius 1 is 1.22 bits per heavy atom. The number of fused-ring (bicyclic) bond motifs is 3. The fourth-order valence-electron chi connectivity index (χ4n) is 3.09. The van der Waals surface area contributed by atoms with Gasteiger partial charge in [-0.15, -0.1) is 11.3 Å². The summed E-state index contributed by atoms with van der Waals surface area (Å²) in [6, 6.07) is 11.5. The topological polar surface area (TPSA) is 59.2 Å². The molecule has 0 spiro atoms. The lowest BCUT2D eigenvalue weighted by molar-refractivity contribution is -0.135. The molecule has 0 saturated carbocycles. The van der Waals surface area contributed by atoms with E-state index in [1.807, 2.05) is 30.3 Å². The van der Waals surface area contributed by atoms with Crippen LogP contribution in [0, 0.1) is 0 Å². The van der Waals surface area contributed by atoms with Crippen LogP contribution in [-0.2, 0) is 11.2 Å². The van der Waals surface area contributed by atoms with Gasteiger partial charge in [0.25, 0.3) is 5.56 Å². The molecule has 4 rings (SSSR count). The summed E-state index contributed by atoms with van der Waals surface area (Å²) in [5.74, 6) is -0.105. The van der Waals surface area contributed by atoms with E-state index in [0.717, 1.165) is 16.7 Å². The molecule has 0 bridgehead atoms. The summed E-state index contributed by atoms with van der Waals surface area (Å²) in [6.07, 6.45) is 1.15. The van der Waals surface area contributed by atoms with E-state index in [2.05, 4.69) is 18.0 Å². The maximum absolute atomic E-state index is 12.6. The predicted octanol–water partition coefficient (Wildman–Crippen LogP) is 3.59. The Morgan fingerprint density at radius 2 is 2.04 bits per heavy atom. The molecule has 1 aliphatic rings. The number of hydrogen-bond acceptors (Lipinski definition) is 4. The molecule has 23 heavy (non-hydrogen) atoms. The molecule has 5 heteroatoms. The second-order valence-electron chi connectivity index (χ2n) is 5.63. The first-order valence-corrected chi connectivity index (χ1v) is 8.43. The highest BCUT2D eigenvalue weighted by Crippen LogP contribution is 2.41. The molecule has 2 aromatic heterocycles. The van der Waals surface area contributed by atoms with Gasteiger partial charge >= 0.3 is 5.97 Å². The van der Waals surface area contributed by atoms with Crippen LogP contribution < -0.4 is 10.3 Å². The highest BCUT2D eigenvalue weighted by molar-refractivity contribution is 7.12. The molecule has 0 radical (unpaired) electrons. The number of pyridine rings is 1. The van der Waals surface area contributed by atoms with Gasteiger partial charge in [-0.25, -0.2) is 0 Å². The normalized spacial score (nSPS) is 17.1. The Bertz CT molecular complexity index is 970. The number of carbonyl (C=O) groups excluding carboxylic acids is 1. The van der Waals surface area contributed by atoms with E-state index in [1.165, 1.54) is 4.88 Å². The molecule has 4 nitrogen and oxygen atoms in total. The molecular formula is C18H15NO3S. The number of esters is 1. The third kappa shape index (κ3) is 2.28. The lowest BCUT2D eigenvalue weighted by Gasteiger charge is -2.24. The number of nitrogens with one attached hydrogen (secondary N) is 1. The molecule has 1 atom stereocenters. The minimum atomic E-state index is -0.287. The molecule has 116 valence electrons. The standard InChI is InChI=1S/C18H15NO3S/c1-2-10-7-8-14(23-10)12-9-15(20)22-17-11-5-3-4-6-13(11)19-18(21)16(12)17/h3-8,12H,2,9H2,1H3,(H,19,21)/t12-/m1/s1. The number of ether oxygens (including phenoxy) is 1. The van der Waals surface area contributed by atoms with Gasteiger partial charge < -0.3 is 9.72 Å². The minimum Gasteiger partial charge on any atom is -0.425 e. The number of thiophene rings is 1. The average Bonchev–Trinajstić information content (AvgIpc) is 3.03. The van der Waals surface area contributed by atoms with Crippen LogP contribution in [0.15, 0.2) is 41.2 Å². The molecule has 0 unspecified atom stereocenters. The highest BCUT2D eigenvalue weighted by Gasteiger charge is 2.33. The first-order chi connectivity index (χ1) is 11.2. The molecular weight excluding hydrogens is 310 g/mol. The van der Waals surface area contributed by atoms with Crippen LogP contribution in [0.4, 0.5) is 0 Å². The van der Waals surface area contributed by atoms with Crippen molar-refractivity contribution in [3.63, 3.8) is 0 Å². The zero-order valence-corrected chi connectivity index (χ0v) is 13.4. The number of benzene rings is 1. The van der Waals surface area contributed by atoms with Gasteiger partial charge in [-0.05, 0) is 30.7 Å². The van der Waals surface area contributed by atoms with Gasteiger partial charge in [0.15, 0.2) is 0 Å². The van der Waals surface area contributed by atoms with Gasteiger partial charge in [-0.3, -0.25) is 9.59 Å². The summed E-state index contributed by atoms with van der Waals surface area (Å²) in [4.78, 5) is 29.9. The van der Waals surface area contributed by atoms with Gasteiger partial charge in [0.2, 0.25) is 0 Å². The predicted molar refractivity (Wildman–Crippen MR) is 90.4 cm³/mol. The number of aromatic amines is 1. The zero-order valence-electron chi connectivity index (χ0n) is 12.6. The van der Waals surface area contributed by atoms with E-state index in [-0.39, 0.29) is 23.9 Å². The number of aromatic nitrogens is 1. The van der Waals surface area contributed by atoms with Crippen molar-refractivity contribution in [3.05, 3.63) is 62.1 Å². The van der Waals surface area contributed by atoms with Gasteiger partial charge in [0, 0.05) is 21.1 Å². The molecule has 0 amide bonds. The van der Waals surface area contributed by atoms with Crippen LogP contribution in [-0.4, -0.2) is 11.0 Å². The number of carbonyl (C=O) groups is 1.